The third-order valence-electron chi connectivity index (χ3n) is 3.46. The van der Waals surface area contributed by atoms with E-state index in [2.05, 4.69) is 15.6 Å². The quantitative estimate of drug-likeness (QED) is 0.640. The van der Waals surface area contributed by atoms with Crippen LogP contribution >= 0.6 is 11.3 Å². The molecule has 3 N–H and O–H groups in total. The van der Waals surface area contributed by atoms with Crippen LogP contribution in [-0.4, -0.2) is 23.7 Å². The lowest BCUT2D eigenvalue weighted by Crippen LogP contribution is -2.11. The zero-order chi connectivity index (χ0) is 16.4. The van der Waals surface area contributed by atoms with Crippen LogP contribution in [0.3, 0.4) is 0 Å². The molecule has 0 radical (unpaired) electrons. The molecule has 0 bridgehead atoms. The van der Waals surface area contributed by atoms with E-state index in [1.165, 1.54) is 6.92 Å². The van der Waals surface area contributed by atoms with E-state index in [0.717, 1.165) is 15.6 Å². The van der Waals surface area contributed by atoms with Crippen LogP contribution in [0.2, 0.25) is 0 Å². The molecule has 0 saturated carbocycles. The number of pyridine rings is 1. The SMILES string of the molecule is CNc1ncc(NC(C)=O)cc1C(=N)c1cccc2ccsc12. The van der Waals surface area contributed by atoms with Gasteiger partial charge in [0.25, 0.3) is 0 Å². The van der Waals surface area contributed by atoms with Crippen molar-refractivity contribution in [2.45, 2.75) is 6.92 Å². The number of nitrogens with zero attached hydrogens (tertiary/aromatic N) is 1. The summed E-state index contributed by atoms with van der Waals surface area (Å²) < 4.78 is 1.07. The molecule has 2 heterocycles. The maximum absolute atomic E-state index is 11.3. The normalized spacial score (nSPS) is 10.5. The summed E-state index contributed by atoms with van der Waals surface area (Å²) in [6.07, 6.45) is 1.58. The Hall–Kier alpha value is -2.73. The van der Waals surface area contributed by atoms with E-state index >= 15 is 0 Å². The second-order valence-corrected chi connectivity index (χ2v) is 5.99. The Morgan fingerprint density at radius 2 is 2.09 bits per heavy atom. The smallest absolute Gasteiger partial charge is 0.221 e. The largest absolute Gasteiger partial charge is 0.373 e. The molecule has 2 aromatic heterocycles. The van der Waals surface area contributed by atoms with E-state index in [1.807, 2.05) is 29.6 Å². The maximum Gasteiger partial charge on any atom is 0.221 e. The number of carbonyl (C=O) groups is 1. The van der Waals surface area contributed by atoms with E-state index < -0.39 is 0 Å². The molecule has 1 amide bonds. The number of hydrogen-bond donors (Lipinski definition) is 3. The van der Waals surface area contributed by atoms with Crippen LogP contribution in [0.5, 0.6) is 0 Å². The topological polar surface area (TPSA) is 77.9 Å². The molecule has 0 spiro atoms. The van der Waals surface area contributed by atoms with Gasteiger partial charge in [-0.05, 0) is 22.9 Å². The molecule has 0 unspecified atom stereocenters. The van der Waals surface area contributed by atoms with Crippen molar-refractivity contribution >= 4 is 44.5 Å². The summed E-state index contributed by atoms with van der Waals surface area (Å²) in [6, 6.07) is 9.74. The van der Waals surface area contributed by atoms with Crippen LogP contribution in [0.15, 0.2) is 41.9 Å². The number of fused-ring (bicyclic) bond motifs is 1. The number of thiophene rings is 1. The van der Waals surface area contributed by atoms with Crippen LogP contribution < -0.4 is 10.6 Å². The number of nitrogens with one attached hydrogen (secondary N) is 3. The second-order valence-electron chi connectivity index (χ2n) is 5.07. The van der Waals surface area contributed by atoms with Crippen LogP contribution in [0, 0.1) is 5.41 Å². The van der Waals surface area contributed by atoms with Gasteiger partial charge in [-0.1, -0.05) is 18.2 Å². The first-order valence-electron chi connectivity index (χ1n) is 7.11. The Labute approximate surface area is 137 Å². The van der Waals surface area contributed by atoms with Crippen LogP contribution in [0.4, 0.5) is 11.5 Å². The minimum absolute atomic E-state index is 0.165. The molecular formula is C17H16N4OS. The molecule has 0 fully saturated rings. The summed E-state index contributed by atoms with van der Waals surface area (Å²) in [6.45, 7) is 1.45. The van der Waals surface area contributed by atoms with Crippen molar-refractivity contribution < 1.29 is 4.79 Å². The average molecular weight is 324 g/mol. The first kappa shape index (κ1) is 15.2. The van der Waals surface area contributed by atoms with Gasteiger partial charge in [-0.2, -0.15) is 0 Å². The van der Waals surface area contributed by atoms with E-state index in [4.69, 9.17) is 5.41 Å². The number of aromatic nitrogens is 1. The Morgan fingerprint density at radius 3 is 2.83 bits per heavy atom. The highest BCUT2D eigenvalue weighted by Crippen LogP contribution is 2.28. The lowest BCUT2D eigenvalue weighted by molar-refractivity contribution is -0.114. The van der Waals surface area contributed by atoms with Crippen molar-refractivity contribution in [2.24, 2.45) is 0 Å². The Balaban J connectivity index is 2.10. The van der Waals surface area contributed by atoms with Gasteiger partial charge in [0.15, 0.2) is 0 Å². The highest BCUT2D eigenvalue weighted by molar-refractivity contribution is 7.17. The van der Waals surface area contributed by atoms with Gasteiger partial charge in [-0.25, -0.2) is 4.98 Å². The van der Waals surface area contributed by atoms with Crippen molar-refractivity contribution in [1.82, 2.24) is 4.98 Å². The van der Waals surface area contributed by atoms with Crippen LogP contribution in [-0.2, 0) is 4.79 Å². The summed E-state index contributed by atoms with van der Waals surface area (Å²) in [5.74, 6) is 0.444. The van der Waals surface area contributed by atoms with Gasteiger partial charge < -0.3 is 10.6 Å². The second kappa shape index (κ2) is 6.18. The molecule has 5 nitrogen and oxygen atoms in total. The van der Waals surface area contributed by atoms with Gasteiger partial charge in [-0.3, -0.25) is 10.2 Å². The molecule has 3 rings (SSSR count). The van der Waals surface area contributed by atoms with Crippen LogP contribution in [0.25, 0.3) is 10.1 Å². The number of benzene rings is 1. The number of amides is 1. The van der Waals surface area contributed by atoms with Gasteiger partial charge >= 0.3 is 0 Å². The van der Waals surface area contributed by atoms with Crippen LogP contribution in [0.1, 0.15) is 18.1 Å². The third kappa shape index (κ3) is 2.93. The average Bonchev–Trinajstić information content (AvgIpc) is 3.02. The molecule has 6 heteroatoms. The van der Waals surface area contributed by atoms with E-state index in [9.17, 15) is 4.79 Å². The summed E-state index contributed by atoms with van der Waals surface area (Å²) in [5.41, 5.74) is 2.46. The number of hydrogen-bond acceptors (Lipinski definition) is 5. The fourth-order valence-corrected chi connectivity index (χ4v) is 3.38. The molecular weight excluding hydrogens is 308 g/mol. The predicted molar refractivity (Wildman–Crippen MR) is 95.8 cm³/mol. The monoisotopic (exact) mass is 324 g/mol. The molecule has 0 aliphatic rings. The van der Waals surface area contributed by atoms with Gasteiger partial charge in [0.1, 0.15) is 5.82 Å². The minimum atomic E-state index is -0.165. The summed E-state index contributed by atoms with van der Waals surface area (Å²) in [5, 5.41) is 17.5. The molecule has 3 aromatic rings. The first-order chi connectivity index (χ1) is 11.1. The molecule has 23 heavy (non-hydrogen) atoms. The van der Waals surface area contributed by atoms with E-state index in [0.29, 0.717) is 22.8 Å². The van der Waals surface area contributed by atoms with Gasteiger partial charge in [-0.15, -0.1) is 11.3 Å². The Kier molecular flexibility index (Phi) is 4.08. The van der Waals surface area contributed by atoms with Crippen molar-refractivity contribution in [3.63, 3.8) is 0 Å². The maximum atomic E-state index is 11.3. The fraction of sp³-hybridized carbons (Fsp3) is 0.118. The minimum Gasteiger partial charge on any atom is -0.373 e. The molecule has 0 aliphatic heterocycles. The lowest BCUT2D eigenvalue weighted by Gasteiger charge is -2.12. The van der Waals surface area contributed by atoms with Gasteiger partial charge in [0, 0.05) is 29.8 Å². The van der Waals surface area contributed by atoms with E-state index in [-0.39, 0.29) is 5.91 Å². The molecule has 116 valence electrons. The van der Waals surface area contributed by atoms with E-state index in [1.54, 1.807) is 30.6 Å². The fourth-order valence-electron chi connectivity index (χ4n) is 2.46. The van der Waals surface area contributed by atoms with Gasteiger partial charge in [0.2, 0.25) is 5.91 Å². The number of carbonyl (C=O) groups excluding carboxylic acids is 1. The zero-order valence-corrected chi connectivity index (χ0v) is 13.6. The summed E-state index contributed by atoms with van der Waals surface area (Å²) in [7, 11) is 1.77. The first-order valence-corrected chi connectivity index (χ1v) is 7.99. The van der Waals surface area contributed by atoms with Crippen molar-refractivity contribution in [2.75, 3.05) is 17.7 Å². The van der Waals surface area contributed by atoms with Gasteiger partial charge in [0.05, 0.1) is 17.6 Å². The third-order valence-corrected chi connectivity index (χ3v) is 4.43. The van der Waals surface area contributed by atoms with Crippen molar-refractivity contribution in [3.8, 4) is 0 Å². The lowest BCUT2D eigenvalue weighted by atomic mass is 10.0. The molecule has 0 aliphatic carbocycles. The van der Waals surface area contributed by atoms with Crippen molar-refractivity contribution in [3.05, 3.63) is 53.0 Å². The highest BCUT2D eigenvalue weighted by atomic mass is 32.1. The van der Waals surface area contributed by atoms with Crippen molar-refractivity contribution in [1.29, 1.82) is 5.41 Å². The molecule has 0 atom stereocenters. The summed E-state index contributed by atoms with van der Waals surface area (Å²) >= 11 is 1.61. The summed E-state index contributed by atoms with van der Waals surface area (Å²) in [4.78, 5) is 15.6. The predicted octanol–water partition coefficient (Wildman–Crippen LogP) is 3.71. The standard InChI is InChI=1S/C17H16N4OS/c1-10(22)21-12-8-14(17(19-2)20-9-12)15(18)13-5-3-4-11-6-7-23-16(11)13/h3-9,18H,1-2H3,(H,19,20)(H,21,22). The highest BCUT2D eigenvalue weighted by Gasteiger charge is 2.15. The Bertz CT molecular complexity index is 900. The molecule has 1 aromatic carbocycles. The number of rotatable bonds is 4. The Morgan fingerprint density at radius 1 is 1.26 bits per heavy atom. The number of anilines is 2. The zero-order valence-electron chi connectivity index (χ0n) is 12.8. The molecule has 0 saturated heterocycles.